The molecule has 5 nitrogen and oxygen atoms in total. The number of hydrogen-bond donors (Lipinski definition) is 0. The molecule has 0 saturated heterocycles. The summed E-state index contributed by atoms with van der Waals surface area (Å²) in [7, 11) is 0. The Kier molecular flexibility index (Phi) is 8.30. The zero-order chi connectivity index (χ0) is 24.1. The van der Waals surface area contributed by atoms with Crippen LogP contribution in [-0.2, 0) is 16.0 Å². The summed E-state index contributed by atoms with van der Waals surface area (Å²) in [5, 5.41) is 2.11. The van der Waals surface area contributed by atoms with Crippen molar-refractivity contribution in [2.75, 3.05) is 26.2 Å². The van der Waals surface area contributed by atoms with E-state index in [9.17, 15) is 9.59 Å². The third-order valence-electron chi connectivity index (χ3n) is 7.16. The van der Waals surface area contributed by atoms with Crippen molar-refractivity contribution in [1.29, 1.82) is 0 Å². The van der Waals surface area contributed by atoms with E-state index in [-0.39, 0.29) is 30.3 Å². The van der Waals surface area contributed by atoms with Crippen LogP contribution in [0.3, 0.4) is 0 Å². The fraction of sp³-hybridized carbons (Fsp3) is 0.571. The Morgan fingerprint density at radius 3 is 2.59 bits per heavy atom. The molecule has 34 heavy (non-hydrogen) atoms. The van der Waals surface area contributed by atoms with Crippen molar-refractivity contribution in [3.63, 3.8) is 0 Å². The van der Waals surface area contributed by atoms with Gasteiger partial charge >= 0.3 is 0 Å². The number of carbonyl (C=O) groups is 2. The fourth-order valence-corrected chi connectivity index (χ4v) is 5.98. The Morgan fingerprint density at radius 1 is 1.15 bits per heavy atom. The molecule has 4 rings (SSSR count). The normalized spacial score (nSPS) is 18.2. The van der Waals surface area contributed by atoms with E-state index in [1.54, 1.807) is 11.3 Å². The first-order valence-corrected chi connectivity index (χ1v) is 13.6. The van der Waals surface area contributed by atoms with E-state index in [1.165, 1.54) is 16.0 Å². The molecule has 1 aliphatic carbocycles. The van der Waals surface area contributed by atoms with Crippen LogP contribution in [0.25, 0.3) is 0 Å². The van der Waals surface area contributed by atoms with Gasteiger partial charge in [0.05, 0.1) is 12.6 Å². The Morgan fingerprint density at radius 2 is 1.88 bits per heavy atom. The molecule has 2 aliphatic rings. The molecule has 184 valence electrons. The van der Waals surface area contributed by atoms with E-state index in [0.717, 1.165) is 44.3 Å². The second-order valence-corrected chi connectivity index (χ2v) is 11.2. The van der Waals surface area contributed by atoms with E-state index < -0.39 is 0 Å². The van der Waals surface area contributed by atoms with Gasteiger partial charge in [0.15, 0.2) is 0 Å². The van der Waals surface area contributed by atoms with Crippen LogP contribution in [0.5, 0.6) is 5.75 Å². The molecule has 0 spiro atoms. The van der Waals surface area contributed by atoms with Crippen molar-refractivity contribution >= 4 is 23.2 Å². The van der Waals surface area contributed by atoms with E-state index in [2.05, 4.69) is 32.2 Å². The van der Waals surface area contributed by atoms with Crippen molar-refractivity contribution in [3.8, 4) is 5.75 Å². The van der Waals surface area contributed by atoms with Gasteiger partial charge in [0.2, 0.25) is 11.8 Å². The number of hydrogen-bond acceptors (Lipinski definition) is 4. The van der Waals surface area contributed by atoms with Crippen LogP contribution in [0.1, 0.15) is 68.0 Å². The van der Waals surface area contributed by atoms with Crippen LogP contribution in [0.15, 0.2) is 35.7 Å². The van der Waals surface area contributed by atoms with Crippen LogP contribution in [0, 0.1) is 18.8 Å². The number of fused-ring (bicyclic) bond motifs is 1. The Balaban J connectivity index is 1.48. The molecule has 2 heterocycles. The largest absolute Gasteiger partial charge is 0.491 e. The zero-order valence-electron chi connectivity index (χ0n) is 20.8. The second kappa shape index (κ2) is 11.4. The molecule has 1 atom stereocenters. The Bertz CT molecular complexity index is 962. The molecule has 0 bridgehead atoms. The highest BCUT2D eigenvalue weighted by Gasteiger charge is 2.35. The number of carbonyl (C=O) groups excluding carboxylic acids is 2. The van der Waals surface area contributed by atoms with E-state index in [4.69, 9.17) is 4.74 Å². The SMILES string of the molecule is Cc1ccc(OC[C@@H]2c3ccsc3CCN2C(=O)CN(CCC(C)C)C(=O)C2CCCC2)cc1. The van der Waals surface area contributed by atoms with Crippen LogP contribution < -0.4 is 4.74 Å². The number of benzene rings is 1. The standard InChI is InChI=1S/C28H38N2O3S/c1-20(2)12-15-29(28(32)22-6-4-5-7-22)18-27(31)30-16-13-26-24(14-17-34-26)25(30)19-33-23-10-8-21(3)9-11-23/h8-11,14,17,20,22,25H,4-7,12-13,15-16,18-19H2,1-3H3/t25-/m1/s1. The first-order valence-electron chi connectivity index (χ1n) is 12.8. The molecule has 1 aliphatic heterocycles. The van der Waals surface area contributed by atoms with Gasteiger partial charge in [0.25, 0.3) is 0 Å². The topological polar surface area (TPSA) is 49.9 Å². The predicted molar refractivity (Wildman–Crippen MR) is 137 cm³/mol. The van der Waals surface area contributed by atoms with Gasteiger partial charge in [-0.1, -0.05) is 44.4 Å². The third-order valence-corrected chi connectivity index (χ3v) is 8.16. The summed E-state index contributed by atoms with van der Waals surface area (Å²) in [4.78, 5) is 32.1. The zero-order valence-corrected chi connectivity index (χ0v) is 21.6. The maximum Gasteiger partial charge on any atom is 0.242 e. The van der Waals surface area contributed by atoms with Gasteiger partial charge in [-0.05, 0) is 67.7 Å². The number of ether oxygens (including phenoxy) is 1. The summed E-state index contributed by atoms with van der Waals surface area (Å²) in [6.45, 7) is 8.30. The summed E-state index contributed by atoms with van der Waals surface area (Å²) in [5.41, 5.74) is 2.38. The summed E-state index contributed by atoms with van der Waals surface area (Å²) < 4.78 is 6.15. The predicted octanol–water partition coefficient (Wildman–Crippen LogP) is 5.63. The average Bonchev–Trinajstić information content (AvgIpc) is 3.53. The second-order valence-electron chi connectivity index (χ2n) is 10.2. The lowest BCUT2D eigenvalue weighted by Crippen LogP contribution is -2.49. The van der Waals surface area contributed by atoms with E-state index in [1.807, 2.05) is 34.1 Å². The van der Waals surface area contributed by atoms with Gasteiger partial charge < -0.3 is 14.5 Å². The maximum absolute atomic E-state index is 13.7. The van der Waals surface area contributed by atoms with Crippen LogP contribution >= 0.6 is 11.3 Å². The van der Waals surface area contributed by atoms with Crippen molar-refractivity contribution in [1.82, 2.24) is 9.80 Å². The molecule has 1 aromatic heterocycles. The molecule has 1 fully saturated rings. The van der Waals surface area contributed by atoms with Gasteiger partial charge in [0.1, 0.15) is 12.4 Å². The molecular weight excluding hydrogens is 444 g/mol. The lowest BCUT2D eigenvalue weighted by atomic mass is 10.00. The highest BCUT2D eigenvalue weighted by molar-refractivity contribution is 7.10. The first kappa shape index (κ1) is 24.8. The van der Waals surface area contributed by atoms with Crippen LogP contribution in [0.2, 0.25) is 0 Å². The molecule has 0 radical (unpaired) electrons. The molecular formula is C28H38N2O3S. The Hall–Kier alpha value is -2.34. The number of thiophene rings is 1. The molecule has 2 aromatic rings. The number of nitrogens with zero attached hydrogens (tertiary/aromatic N) is 2. The number of amides is 2. The third kappa shape index (κ3) is 6.01. The highest BCUT2D eigenvalue weighted by Crippen LogP contribution is 2.34. The minimum Gasteiger partial charge on any atom is -0.491 e. The number of rotatable bonds is 9. The van der Waals surface area contributed by atoms with Crippen molar-refractivity contribution in [2.24, 2.45) is 11.8 Å². The fourth-order valence-electron chi connectivity index (χ4n) is 5.05. The van der Waals surface area contributed by atoms with Crippen LogP contribution in [-0.4, -0.2) is 47.9 Å². The molecule has 6 heteroatoms. The summed E-state index contributed by atoms with van der Waals surface area (Å²) in [6, 6.07) is 10.0. The summed E-state index contributed by atoms with van der Waals surface area (Å²) in [6.07, 6.45) is 5.94. The van der Waals surface area contributed by atoms with Gasteiger partial charge in [0, 0.05) is 23.9 Å². The van der Waals surface area contributed by atoms with E-state index in [0.29, 0.717) is 25.6 Å². The molecule has 1 saturated carbocycles. The van der Waals surface area contributed by atoms with Gasteiger partial charge in [-0.15, -0.1) is 11.3 Å². The van der Waals surface area contributed by atoms with Crippen molar-refractivity contribution in [2.45, 2.75) is 65.3 Å². The maximum atomic E-state index is 13.7. The molecule has 0 N–H and O–H groups in total. The molecule has 2 amide bonds. The molecule has 0 unspecified atom stereocenters. The summed E-state index contributed by atoms with van der Waals surface area (Å²) in [5.74, 6) is 1.60. The summed E-state index contributed by atoms with van der Waals surface area (Å²) >= 11 is 1.76. The monoisotopic (exact) mass is 482 g/mol. The van der Waals surface area contributed by atoms with Crippen molar-refractivity contribution in [3.05, 3.63) is 51.7 Å². The highest BCUT2D eigenvalue weighted by atomic mass is 32.1. The minimum atomic E-state index is -0.127. The quantitative estimate of drug-likeness (QED) is 0.466. The average molecular weight is 483 g/mol. The Labute approximate surface area is 208 Å². The molecule has 1 aromatic carbocycles. The van der Waals surface area contributed by atoms with Gasteiger partial charge in [-0.3, -0.25) is 9.59 Å². The van der Waals surface area contributed by atoms with Gasteiger partial charge in [-0.2, -0.15) is 0 Å². The van der Waals surface area contributed by atoms with Crippen LogP contribution in [0.4, 0.5) is 0 Å². The first-order chi connectivity index (χ1) is 16.4. The smallest absolute Gasteiger partial charge is 0.242 e. The number of aryl methyl sites for hydroxylation is 1. The minimum absolute atomic E-state index is 0.0319. The van der Waals surface area contributed by atoms with Gasteiger partial charge in [-0.25, -0.2) is 0 Å². The lowest BCUT2D eigenvalue weighted by molar-refractivity contribution is -0.144. The van der Waals surface area contributed by atoms with Crippen molar-refractivity contribution < 1.29 is 14.3 Å². The van der Waals surface area contributed by atoms with E-state index >= 15 is 0 Å². The lowest BCUT2D eigenvalue weighted by Gasteiger charge is -2.37.